The molecule has 0 atom stereocenters. The van der Waals surface area contributed by atoms with Crippen molar-refractivity contribution in [1.29, 1.82) is 0 Å². The van der Waals surface area contributed by atoms with Gasteiger partial charge in [0.15, 0.2) is 0 Å². The van der Waals surface area contributed by atoms with E-state index in [1.807, 2.05) is 6.92 Å². The predicted octanol–water partition coefficient (Wildman–Crippen LogP) is 2.60. The second-order valence-corrected chi connectivity index (χ2v) is 6.95. The van der Waals surface area contributed by atoms with Gasteiger partial charge in [0.05, 0.1) is 12.2 Å². The van der Waals surface area contributed by atoms with Crippen molar-refractivity contribution in [2.45, 2.75) is 39.2 Å². The van der Waals surface area contributed by atoms with Gasteiger partial charge in [0.1, 0.15) is 5.76 Å². The molecule has 1 saturated heterocycles. The maximum Gasteiger partial charge on any atom is 0.250 e. The number of hydrogen-bond acceptors (Lipinski definition) is 4. The molecule has 5 nitrogen and oxygen atoms in total. The van der Waals surface area contributed by atoms with Crippen molar-refractivity contribution < 1.29 is 14.6 Å². The Morgan fingerprint density at radius 2 is 2.00 bits per heavy atom. The number of ether oxygens (including phenoxy) is 1. The molecule has 2 aliphatic rings. The Labute approximate surface area is 149 Å². The highest BCUT2D eigenvalue weighted by Gasteiger charge is 2.19. The first-order chi connectivity index (χ1) is 12.2. The topological polar surface area (TPSA) is 61.8 Å². The fraction of sp³-hybridized carbons (Fsp3) is 0.550. The van der Waals surface area contributed by atoms with E-state index in [1.165, 1.54) is 5.69 Å². The van der Waals surface area contributed by atoms with Crippen LogP contribution in [0.25, 0.3) is 0 Å². The van der Waals surface area contributed by atoms with Gasteiger partial charge in [-0.05, 0) is 56.2 Å². The van der Waals surface area contributed by atoms with Gasteiger partial charge in [-0.25, -0.2) is 0 Å². The van der Waals surface area contributed by atoms with Crippen LogP contribution >= 0.6 is 0 Å². The van der Waals surface area contributed by atoms with E-state index in [-0.39, 0.29) is 5.91 Å². The lowest BCUT2D eigenvalue weighted by molar-refractivity contribution is -0.118. The van der Waals surface area contributed by atoms with Crippen LogP contribution in [0.15, 0.2) is 35.6 Å². The minimum atomic E-state index is -0.0210. The van der Waals surface area contributed by atoms with Gasteiger partial charge in [-0.3, -0.25) is 4.79 Å². The number of piperidine rings is 1. The third kappa shape index (κ3) is 4.54. The van der Waals surface area contributed by atoms with Gasteiger partial charge in [0, 0.05) is 31.9 Å². The highest BCUT2D eigenvalue weighted by atomic mass is 16.5. The lowest BCUT2D eigenvalue weighted by atomic mass is 9.97. The van der Waals surface area contributed by atoms with Crippen molar-refractivity contribution in [1.82, 2.24) is 5.32 Å². The van der Waals surface area contributed by atoms with E-state index in [4.69, 9.17) is 4.74 Å². The monoisotopic (exact) mass is 344 g/mol. The Morgan fingerprint density at radius 1 is 1.28 bits per heavy atom. The summed E-state index contributed by atoms with van der Waals surface area (Å²) in [5.41, 5.74) is 3.08. The molecule has 0 bridgehead atoms. The maximum absolute atomic E-state index is 12.3. The zero-order valence-electron chi connectivity index (χ0n) is 15.0. The Balaban J connectivity index is 1.52. The summed E-state index contributed by atoms with van der Waals surface area (Å²) in [5.74, 6) is 1.19. The Bertz CT molecular complexity index is 616. The number of carbonyl (C=O) groups is 1. The van der Waals surface area contributed by atoms with Crippen molar-refractivity contribution in [2.24, 2.45) is 5.92 Å². The Kier molecular flexibility index (Phi) is 5.97. The fourth-order valence-electron chi connectivity index (χ4n) is 3.50. The van der Waals surface area contributed by atoms with Gasteiger partial charge in [-0.2, -0.15) is 0 Å². The quantitative estimate of drug-likeness (QED) is 0.862. The zero-order chi connectivity index (χ0) is 17.6. The molecule has 1 aromatic rings. The molecule has 5 heteroatoms. The molecule has 3 rings (SSSR count). The molecule has 2 heterocycles. The number of aliphatic hydroxyl groups excluding tert-OH is 1. The second-order valence-electron chi connectivity index (χ2n) is 6.95. The van der Waals surface area contributed by atoms with Crippen LogP contribution in [-0.4, -0.2) is 37.3 Å². The number of nitrogens with one attached hydrogen (secondary N) is 1. The summed E-state index contributed by atoms with van der Waals surface area (Å²) in [6.07, 6.45) is 3.79. The molecule has 1 fully saturated rings. The number of allylic oxidation sites excluding steroid dienone is 1. The van der Waals surface area contributed by atoms with Crippen LogP contribution in [0.2, 0.25) is 0 Å². The van der Waals surface area contributed by atoms with E-state index in [9.17, 15) is 9.90 Å². The van der Waals surface area contributed by atoms with Gasteiger partial charge in [0.2, 0.25) is 0 Å². The molecular formula is C20H28N2O3. The molecule has 2 N–H and O–H groups in total. The largest absolute Gasteiger partial charge is 0.498 e. The van der Waals surface area contributed by atoms with Gasteiger partial charge >= 0.3 is 0 Å². The van der Waals surface area contributed by atoms with E-state index in [0.717, 1.165) is 55.7 Å². The van der Waals surface area contributed by atoms with Crippen molar-refractivity contribution in [3.8, 4) is 0 Å². The molecule has 25 heavy (non-hydrogen) atoms. The molecule has 1 aromatic carbocycles. The van der Waals surface area contributed by atoms with E-state index in [2.05, 4.69) is 34.5 Å². The first-order valence-electron chi connectivity index (χ1n) is 9.23. The molecule has 0 aliphatic carbocycles. The van der Waals surface area contributed by atoms with Crippen molar-refractivity contribution in [3.63, 3.8) is 0 Å². The minimum Gasteiger partial charge on any atom is -0.498 e. The summed E-state index contributed by atoms with van der Waals surface area (Å²) in [7, 11) is 0. The van der Waals surface area contributed by atoms with Crippen LogP contribution in [0.4, 0.5) is 5.69 Å². The summed E-state index contributed by atoms with van der Waals surface area (Å²) in [6, 6.07) is 8.39. The number of rotatable bonds is 5. The summed E-state index contributed by atoms with van der Waals surface area (Å²) in [5, 5.41) is 12.2. The van der Waals surface area contributed by atoms with Crippen molar-refractivity contribution in [2.75, 3.05) is 31.2 Å². The molecule has 1 amide bonds. The highest BCUT2D eigenvalue weighted by molar-refractivity contribution is 5.93. The van der Waals surface area contributed by atoms with E-state index < -0.39 is 0 Å². The standard InChI is InChI=1S/C20H28N2O3/c1-15-19(3-2-12-25-15)20(24)21-13-16-4-6-18(7-5-16)22-10-8-17(14-23)9-11-22/h4-7,17,23H,2-3,8-14H2,1H3,(H,21,24). The minimum absolute atomic E-state index is 0.0210. The molecule has 0 saturated carbocycles. The van der Waals surface area contributed by atoms with Crippen LogP contribution < -0.4 is 10.2 Å². The average molecular weight is 344 g/mol. The number of amides is 1. The Hall–Kier alpha value is -2.01. The third-order valence-electron chi connectivity index (χ3n) is 5.22. The van der Waals surface area contributed by atoms with Crippen LogP contribution in [0, 0.1) is 5.92 Å². The average Bonchev–Trinajstić information content (AvgIpc) is 2.67. The first kappa shape index (κ1) is 17.8. The third-order valence-corrected chi connectivity index (χ3v) is 5.22. The predicted molar refractivity (Wildman–Crippen MR) is 98.2 cm³/mol. The summed E-state index contributed by atoms with van der Waals surface area (Å²) < 4.78 is 5.46. The van der Waals surface area contributed by atoms with E-state index in [1.54, 1.807) is 0 Å². The van der Waals surface area contributed by atoms with Gasteiger partial charge in [0.25, 0.3) is 5.91 Å². The normalized spacial score (nSPS) is 18.9. The van der Waals surface area contributed by atoms with Gasteiger partial charge in [-0.15, -0.1) is 0 Å². The number of nitrogens with zero attached hydrogens (tertiary/aromatic N) is 1. The highest BCUT2D eigenvalue weighted by Crippen LogP contribution is 2.23. The Morgan fingerprint density at radius 3 is 2.64 bits per heavy atom. The number of benzene rings is 1. The molecule has 0 radical (unpaired) electrons. The van der Waals surface area contributed by atoms with E-state index in [0.29, 0.717) is 25.7 Å². The summed E-state index contributed by atoms with van der Waals surface area (Å²) >= 11 is 0. The molecule has 0 unspecified atom stereocenters. The molecule has 0 spiro atoms. The van der Waals surface area contributed by atoms with Crippen molar-refractivity contribution in [3.05, 3.63) is 41.2 Å². The van der Waals surface area contributed by atoms with E-state index >= 15 is 0 Å². The van der Waals surface area contributed by atoms with Crippen LogP contribution in [0.1, 0.15) is 38.2 Å². The lowest BCUT2D eigenvalue weighted by Crippen LogP contribution is -2.34. The SMILES string of the molecule is CC1=C(C(=O)NCc2ccc(N3CCC(CO)CC3)cc2)CCCO1. The number of carbonyl (C=O) groups excluding carboxylic acids is 1. The van der Waals surface area contributed by atoms with Gasteiger partial charge < -0.3 is 20.1 Å². The molecule has 2 aliphatic heterocycles. The van der Waals surface area contributed by atoms with Crippen LogP contribution in [0.3, 0.4) is 0 Å². The zero-order valence-corrected chi connectivity index (χ0v) is 15.0. The van der Waals surface area contributed by atoms with Crippen LogP contribution in [-0.2, 0) is 16.1 Å². The molecule has 0 aromatic heterocycles. The lowest BCUT2D eigenvalue weighted by Gasteiger charge is -2.33. The summed E-state index contributed by atoms with van der Waals surface area (Å²) in [4.78, 5) is 14.6. The number of anilines is 1. The summed E-state index contributed by atoms with van der Waals surface area (Å²) in [6.45, 7) is 5.39. The van der Waals surface area contributed by atoms with Gasteiger partial charge in [-0.1, -0.05) is 12.1 Å². The van der Waals surface area contributed by atoms with Crippen molar-refractivity contribution >= 4 is 11.6 Å². The van der Waals surface area contributed by atoms with Crippen LogP contribution in [0.5, 0.6) is 0 Å². The molecule has 136 valence electrons. The molecular weight excluding hydrogens is 316 g/mol. The first-order valence-corrected chi connectivity index (χ1v) is 9.23. The fourth-order valence-corrected chi connectivity index (χ4v) is 3.50. The number of aliphatic hydroxyl groups is 1. The second kappa shape index (κ2) is 8.39. The maximum atomic E-state index is 12.3. The number of hydrogen-bond donors (Lipinski definition) is 2. The smallest absolute Gasteiger partial charge is 0.250 e.